The van der Waals surface area contributed by atoms with Crippen LogP contribution in [0.25, 0.3) is 0 Å². The quantitative estimate of drug-likeness (QED) is 0.508. The molecular weight excluding hydrogens is 156 g/mol. The van der Waals surface area contributed by atoms with Crippen molar-refractivity contribution >= 4 is 11.8 Å². The van der Waals surface area contributed by atoms with Gasteiger partial charge in [0.15, 0.2) is 0 Å². The van der Waals surface area contributed by atoms with Crippen molar-refractivity contribution in [3.63, 3.8) is 0 Å². The summed E-state index contributed by atoms with van der Waals surface area (Å²) >= 11 is 1.68. The Morgan fingerprint density at radius 3 is 3.09 bits per heavy atom. The van der Waals surface area contributed by atoms with Gasteiger partial charge in [0.2, 0.25) is 0 Å². The van der Waals surface area contributed by atoms with Crippen molar-refractivity contribution in [1.29, 1.82) is 0 Å². The Morgan fingerprint density at radius 1 is 1.55 bits per heavy atom. The lowest BCUT2D eigenvalue weighted by Crippen LogP contribution is -1.80. The summed E-state index contributed by atoms with van der Waals surface area (Å²) in [4.78, 5) is 8.07. The first kappa shape index (κ1) is 8.27. The fourth-order valence-corrected chi connectivity index (χ4v) is 1.32. The van der Waals surface area contributed by atoms with E-state index in [4.69, 9.17) is 0 Å². The monoisotopic (exact) mass is 166 g/mol. The lowest BCUT2D eigenvalue weighted by atomic mass is 10.6. The van der Waals surface area contributed by atoms with E-state index in [1.807, 2.05) is 13.0 Å². The van der Waals surface area contributed by atoms with Crippen LogP contribution in [-0.4, -0.2) is 15.7 Å². The van der Waals surface area contributed by atoms with Crippen LogP contribution < -0.4 is 0 Å². The molecule has 1 aromatic heterocycles. The van der Waals surface area contributed by atoms with Gasteiger partial charge in [-0.3, -0.25) is 4.98 Å². The molecule has 0 radical (unpaired) electrons. The van der Waals surface area contributed by atoms with Gasteiger partial charge in [-0.2, -0.15) is 0 Å². The summed E-state index contributed by atoms with van der Waals surface area (Å²) in [6.45, 7) is 2.01. The Kier molecular flexibility index (Phi) is 3.69. The molecular formula is C8H10N2S. The lowest BCUT2D eigenvalue weighted by molar-refractivity contribution is 1.06. The number of allylic oxidation sites excluding steroid dienone is 1. The smallest absolute Gasteiger partial charge is 0.115 e. The zero-order valence-electron chi connectivity index (χ0n) is 6.40. The predicted octanol–water partition coefficient (Wildman–Crippen LogP) is 2.14. The second-order valence-electron chi connectivity index (χ2n) is 1.92. The second kappa shape index (κ2) is 4.91. The van der Waals surface area contributed by atoms with Crippen LogP contribution in [0.1, 0.15) is 6.92 Å². The van der Waals surface area contributed by atoms with Crippen molar-refractivity contribution in [2.75, 3.05) is 5.75 Å². The molecule has 1 aromatic rings. The summed E-state index contributed by atoms with van der Waals surface area (Å²) in [5.74, 6) is 0.967. The van der Waals surface area contributed by atoms with E-state index in [1.54, 1.807) is 30.4 Å². The standard InChI is InChI=1S/C8H10N2S/c1-2-3-6-11-8-7-9-4-5-10-8/h2-5,7H,6H2,1H3. The third-order valence-corrected chi connectivity index (χ3v) is 1.97. The Balaban J connectivity index is 2.39. The zero-order valence-corrected chi connectivity index (χ0v) is 7.21. The molecule has 0 aliphatic carbocycles. The molecule has 0 bridgehead atoms. The molecule has 0 N–H and O–H groups in total. The minimum atomic E-state index is 0.967. The van der Waals surface area contributed by atoms with E-state index >= 15 is 0 Å². The van der Waals surface area contributed by atoms with Gasteiger partial charge in [-0.25, -0.2) is 4.98 Å². The van der Waals surface area contributed by atoms with E-state index < -0.39 is 0 Å². The molecule has 0 aromatic carbocycles. The summed E-state index contributed by atoms with van der Waals surface area (Å²) in [5.41, 5.74) is 0. The maximum atomic E-state index is 4.12. The highest BCUT2D eigenvalue weighted by atomic mass is 32.2. The van der Waals surface area contributed by atoms with Gasteiger partial charge >= 0.3 is 0 Å². The van der Waals surface area contributed by atoms with Crippen molar-refractivity contribution in [1.82, 2.24) is 9.97 Å². The molecule has 0 saturated carbocycles. The Hall–Kier alpha value is -0.830. The number of aromatic nitrogens is 2. The van der Waals surface area contributed by atoms with Crippen LogP contribution in [0.4, 0.5) is 0 Å². The summed E-state index contributed by atoms with van der Waals surface area (Å²) in [5, 5.41) is 0.977. The topological polar surface area (TPSA) is 25.8 Å². The van der Waals surface area contributed by atoms with E-state index in [-0.39, 0.29) is 0 Å². The van der Waals surface area contributed by atoms with Crippen molar-refractivity contribution in [2.24, 2.45) is 0 Å². The van der Waals surface area contributed by atoms with Crippen molar-refractivity contribution in [3.05, 3.63) is 30.7 Å². The summed E-state index contributed by atoms with van der Waals surface area (Å²) in [6, 6.07) is 0. The third kappa shape index (κ3) is 3.18. The summed E-state index contributed by atoms with van der Waals surface area (Å²) < 4.78 is 0. The molecule has 58 valence electrons. The number of hydrogen-bond acceptors (Lipinski definition) is 3. The highest BCUT2D eigenvalue weighted by molar-refractivity contribution is 7.99. The molecule has 0 aliphatic heterocycles. The molecule has 0 spiro atoms. The van der Waals surface area contributed by atoms with Gasteiger partial charge in [0.1, 0.15) is 5.03 Å². The van der Waals surface area contributed by atoms with Gasteiger partial charge in [-0.15, -0.1) is 11.8 Å². The van der Waals surface area contributed by atoms with Crippen LogP contribution in [-0.2, 0) is 0 Å². The second-order valence-corrected chi connectivity index (χ2v) is 2.96. The van der Waals surface area contributed by atoms with Crippen molar-refractivity contribution in [2.45, 2.75) is 11.9 Å². The molecule has 0 saturated heterocycles. The van der Waals surface area contributed by atoms with Gasteiger partial charge in [0, 0.05) is 18.1 Å². The summed E-state index contributed by atoms with van der Waals surface area (Å²) in [7, 11) is 0. The Morgan fingerprint density at radius 2 is 2.45 bits per heavy atom. The molecule has 3 heteroatoms. The minimum Gasteiger partial charge on any atom is -0.260 e. The lowest BCUT2D eigenvalue weighted by Gasteiger charge is -1.93. The first-order valence-electron chi connectivity index (χ1n) is 3.43. The predicted molar refractivity (Wildman–Crippen MR) is 47.6 cm³/mol. The molecule has 2 nitrogen and oxygen atoms in total. The number of rotatable bonds is 3. The maximum absolute atomic E-state index is 4.12. The first-order valence-corrected chi connectivity index (χ1v) is 4.42. The molecule has 0 aliphatic rings. The Bertz CT molecular complexity index is 221. The van der Waals surface area contributed by atoms with Crippen LogP contribution in [0.15, 0.2) is 35.8 Å². The Labute approximate surface area is 70.8 Å². The number of thioether (sulfide) groups is 1. The van der Waals surface area contributed by atoms with E-state index in [0.717, 1.165) is 10.8 Å². The van der Waals surface area contributed by atoms with Gasteiger partial charge < -0.3 is 0 Å². The van der Waals surface area contributed by atoms with Gasteiger partial charge in [-0.05, 0) is 6.92 Å². The van der Waals surface area contributed by atoms with E-state index in [9.17, 15) is 0 Å². The molecule has 11 heavy (non-hydrogen) atoms. The van der Waals surface area contributed by atoms with E-state index in [1.165, 1.54) is 0 Å². The largest absolute Gasteiger partial charge is 0.260 e. The fraction of sp³-hybridized carbons (Fsp3) is 0.250. The van der Waals surface area contributed by atoms with E-state index in [0.29, 0.717) is 0 Å². The number of hydrogen-bond donors (Lipinski definition) is 0. The van der Waals surface area contributed by atoms with Crippen LogP contribution in [0.3, 0.4) is 0 Å². The number of nitrogens with zero attached hydrogens (tertiary/aromatic N) is 2. The minimum absolute atomic E-state index is 0.967. The maximum Gasteiger partial charge on any atom is 0.115 e. The van der Waals surface area contributed by atoms with Crippen LogP contribution in [0.5, 0.6) is 0 Å². The average molecular weight is 166 g/mol. The fourth-order valence-electron chi connectivity index (χ4n) is 0.590. The SMILES string of the molecule is CC=CCSc1cnccn1. The molecule has 0 atom stereocenters. The summed E-state index contributed by atoms with van der Waals surface area (Å²) in [6.07, 6.45) is 9.29. The van der Waals surface area contributed by atoms with Crippen LogP contribution in [0, 0.1) is 0 Å². The normalized spacial score (nSPS) is 10.6. The van der Waals surface area contributed by atoms with Crippen LogP contribution in [0.2, 0.25) is 0 Å². The average Bonchev–Trinajstić information content (AvgIpc) is 2.07. The first-order chi connectivity index (χ1) is 5.43. The zero-order chi connectivity index (χ0) is 7.94. The molecule has 0 unspecified atom stereocenters. The molecule has 1 heterocycles. The van der Waals surface area contributed by atoms with E-state index in [2.05, 4.69) is 16.0 Å². The van der Waals surface area contributed by atoms with Crippen molar-refractivity contribution in [3.8, 4) is 0 Å². The third-order valence-electron chi connectivity index (χ3n) is 1.10. The molecule has 0 fully saturated rings. The van der Waals surface area contributed by atoms with Crippen LogP contribution >= 0.6 is 11.8 Å². The highest BCUT2D eigenvalue weighted by Crippen LogP contribution is 2.11. The molecule has 1 rings (SSSR count). The van der Waals surface area contributed by atoms with Gasteiger partial charge in [0.05, 0.1) is 6.20 Å². The van der Waals surface area contributed by atoms with Gasteiger partial charge in [0.25, 0.3) is 0 Å². The highest BCUT2D eigenvalue weighted by Gasteiger charge is 1.89. The molecule has 0 amide bonds. The van der Waals surface area contributed by atoms with Crippen molar-refractivity contribution < 1.29 is 0 Å². The van der Waals surface area contributed by atoms with Gasteiger partial charge in [-0.1, -0.05) is 12.2 Å².